The number of rotatable bonds is 4. The second kappa shape index (κ2) is 6.53. The van der Waals surface area contributed by atoms with E-state index in [1.807, 2.05) is 4.90 Å². The van der Waals surface area contributed by atoms with Crippen LogP contribution in [0.4, 0.5) is 0 Å². The first kappa shape index (κ1) is 13.8. The fraction of sp³-hybridized carbons (Fsp3) is 0.929. The summed E-state index contributed by atoms with van der Waals surface area (Å²) >= 11 is 0. The molecule has 2 aliphatic rings. The molecule has 0 aromatic carbocycles. The van der Waals surface area contributed by atoms with Gasteiger partial charge in [0.15, 0.2) is 0 Å². The van der Waals surface area contributed by atoms with Gasteiger partial charge in [-0.2, -0.15) is 0 Å². The van der Waals surface area contributed by atoms with Crippen molar-refractivity contribution in [3.63, 3.8) is 0 Å². The number of carbonyl (C=O) groups excluding carboxylic acids is 1. The highest BCUT2D eigenvalue weighted by atomic mass is 16.2. The van der Waals surface area contributed by atoms with Gasteiger partial charge in [0.2, 0.25) is 5.91 Å². The average Bonchev–Trinajstić information content (AvgIpc) is 2.93. The first-order valence-electron chi connectivity index (χ1n) is 7.46. The minimum Gasteiger partial charge on any atom is -0.342 e. The molecule has 2 fully saturated rings. The maximum absolute atomic E-state index is 12.2. The summed E-state index contributed by atoms with van der Waals surface area (Å²) in [6.07, 6.45) is 5.97. The van der Waals surface area contributed by atoms with E-state index >= 15 is 0 Å². The number of hydrogen-bond donors (Lipinski definition) is 1. The highest BCUT2D eigenvalue weighted by Gasteiger charge is 2.29. The number of nitrogens with two attached hydrogens (primary N) is 1. The third kappa shape index (κ3) is 3.23. The smallest absolute Gasteiger partial charge is 0.236 e. The fourth-order valence-corrected chi connectivity index (χ4v) is 3.25. The van der Waals surface area contributed by atoms with Crippen LogP contribution in [-0.2, 0) is 4.79 Å². The number of piperidine rings is 1. The van der Waals surface area contributed by atoms with Gasteiger partial charge in [0.25, 0.3) is 0 Å². The molecule has 0 saturated carbocycles. The number of likely N-dealkylation sites (tertiary alicyclic amines) is 2. The van der Waals surface area contributed by atoms with Crippen molar-refractivity contribution in [2.24, 2.45) is 11.7 Å². The Labute approximate surface area is 110 Å². The lowest BCUT2D eigenvalue weighted by Crippen LogP contribution is -2.50. The summed E-state index contributed by atoms with van der Waals surface area (Å²) in [6, 6.07) is 0.412. The predicted octanol–water partition coefficient (Wildman–Crippen LogP) is 1.06. The largest absolute Gasteiger partial charge is 0.342 e. The number of hydrogen-bond acceptors (Lipinski definition) is 3. The van der Waals surface area contributed by atoms with Gasteiger partial charge in [-0.1, -0.05) is 13.3 Å². The van der Waals surface area contributed by atoms with Gasteiger partial charge in [0.1, 0.15) is 0 Å². The van der Waals surface area contributed by atoms with Crippen LogP contribution in [0.2, 0.25) is 0 Å². The molecule has 2 unspecified atom stereocenters. The SMILES string of the molecule is CCC1CCN(CC(=O)N2CCCC2)C(CN)C1. The predicted molar refractivity (Wildman–Crippen MR) is 73.2 cm³/mol. The zero-order valence-corrected chi connectivity index (χ0v) is 11.6. The van der Waals surface area contributed by atoms with Crippen LogP contribution in [-0.4, -0.2) is 54.5 Å². The molecule has 1 amide bonds. The van der Waals surface area contributed by atoms with E-state index in [0.29, 0.717) is 25.0 Å². The van der Waals surface area contributed by atoms with Crippen LogP contribution in [0.5, 0.6) is 0 Å². The first-order valence-corrected chi connectivity index (χ1v) is 7.46. The van der Waals surface area contributed by atoms with E-state index in [9.17, 15) is 4.79 Å². The van der Waals surface area contributed by atoms with Gasteiger partial charge in [0, 0.05) is 25.7 Å². The first-order chi connectivity index (χ1) is 8.74. The van der Waals surface area contributed by atoms with Gasteiger partial charge >= 0.3 is 0 Å². The molecule has 4 heteroatoms. The van der Waals surface area contributed by atoms with Crippen LogP contribution in [0.3, 0.4) is 0 Å². The Kier molecular flexibility index (Phi) is 5.01. The van der Waals surface area contributed by atoms with Crippen molar-refractivity contribution in [1.82, 2.24) is 9.80 Å². The zero-order chi connectivity index (χ0) is 13.0. The van der Waals surface area contributed by atoms with Gasteiger partial charge < -0.3 is 10.6 Å². The number of carbonyl (C=O) groups is 1. The third-order valence-corrected chi connectivity index (χ3v) is 4.59. The molecule has 2 aliphatic heterocycles. The quantitative estimate of drug-likeness (QED) is 0.815. The van der Waals surface area contributed by atoms with E-state index in [0.717, 1.165) is 25.6 Å². The van der Waals surface area contributed by atoms with Crippen molar-refractivity contribution < 1.29 is 4.79 Å². The maximum Gasteiger partial charge on any atom is 0.236 e. The van der Waals surface area contributed by atoms with Gasteiger partial charge in [-0.3, -0.25) is 9.69 Å². The molecule has 0 aliphatic carbocycles. The summed E-state index contributed by atoms with van der Waals surface area (Å²) in [4.78, 5) is 16.5. The van der Waals surface area contributed by atoms with E-state index in [1.54, 1.807) is 0 Å². The zero-order valence-electron chi connectivity index (χ0n) is 11.6. The maximum atomic E-state index is 12.2. The Morgan fingerprint density at radius 1 is 1.28 bits per heavy atom. The normalized spacial score (nSPS) is 29.8. The van der Waals surface area contributed by atoms with Crippen molar-refractivity contribution in [2.45, 2.75) is 45.1 Å². The Hall–Kier alpha value is -0.610. The molecular weight excluding hydrogens is 226 g/mol. The van der Waals surface area contributed by atoms with Crippen LogP contribution in [0.15, 0.2) is 0 Å². The fourth-order valence-electron chi connectivity index (χ4n) is 3.25. The summed E-state index contributed by atoms with van der Waals surface area (Å²) in [7, 11) is 0. The average molecular weight is 253 g/mol. The van der Waals surface area contributed by atoms with Crippen molar-refractivity contribution >= 4 is 5.91 Å². The molecule has 2 rings (SSSR count). The molecule has 104 valence electrons. The summed E-state index contributed by atoms with van der Waals surface area (Å²) in [6.45, 7) is 6.47. The molecule has 0 radical (unpaired) electrons. The second-order valence-electron chi connectivity index (χ2n) is 5.75. The Balaban J connectivity index is 1.85. The van der Waals surface area contributed by atoms with Crippen LogP contribution in [0.1, 0.15) is 39.0 Å². The molecule has 0 aromatic heterocycles. The van der Waals surface area contributed by atoms with Crippen LogP contribution in [0.25, 0.3) is 0 Å². The third-order valence-electron chi connectivity index (χ3n) is 4.59. The Morgan fingerprint density at radius 2 is 2.00 bits per heavy atom. The van der Waals surface area contributed by atoms with E-state index in [2.05, 4.69) is 11.8 Å². The summed E-state index contributed by atoms with van der Waals surface area (Å²) in [5, 5.41) is 0. The lowest BCUT2D eigenvalue weighted by atomic mass is 9.89. The second-order valence-corrected chi connectivity index (χ2v) is 5.75. The molecule has 2 N–H and O–H groups in total. The minimum atomic E-state index is 0.306. The Bertz CT molecular complexity index is 276. The monoisotopic (exact) mass is 253 g/mol. The molecule has 18 heavy (non-hydrogen) atoms. The van der Waals surface area contributed by atoms with Crippen LogP contribution in [0, 0.1) is 5.92 Å². The topological polar surface area (TPSA) is 49.6 Å². The van der Waals surface area contributed by atoms with E-state index in [4.69, 9.17) is 5.73 Å². The Morgan fingerprint density at radius 3 is 2.61 bits per heavy atom. The molecule has 4 nitrogen and oxygen atoms in total. The molecule has 0 bridgehead atoms. The van der Waals surface area contributed by atoms with Gasteiger partial charge in [0.05, 0.1) is 6.54 Å². The molecule has 0 aromatic rings. The van der Waals surface area contributed by atoms with Gasteiger partial charge in [-0.05, 0) is 38.1 Å². The summed E-state index contributed by atoms with van der Waals surface area (Å²) in [5.41, 5.74) is 5.87. The lowest BCUT2D eigenvalue weighted by Gasteiger charge is -2.39. The van der Waals surface area contributed by atoms with E-state index < -0.39 is 0 Å². The number of amides is 1. The molecule has 0 spiro atoms. The summed E-state index contributed by atoms with van der Waals surface area (Å²) in [5.74, 6) is 1.11. The van der Waals surface area contributed by atoms with E-state index in [-0.39, 0.29) is 0 Å². The van der Waals surface area contributed by atoms with Crippen molar-refractivity contribution in [1.29, 1.82) is 0 Å². The minimum absolute atomic E-state index is 0.306. The van der Waals surface area contributed by atoms with Crippen molar-refractivity contribution in [2.75, 3.05) is 32.7 Å². The van der Waals surface area contributed by atoms with Crippen molar-refractivity contribution in [3.8, 4) is 0 Å². The number of nitrogens with zero attached hydrogens (tertiary/aromatic N) is 2. The highest BCUT2D eigenvalue weighted by Crippen LogP contribution is 2.25. The van der Waals surface area contributed by atoms with E-state index in [1.165, 1.54) is 32.1 Å². The molecule has 2 atom stereocenters. The van der Waals surface area contributed by atoms with Crippen molar-refractivity contribution in [3.05, 3.63) is 0 Å². The standard InChI is InChI=1S/C14H27N3O/c1-2-12-5-8-17(13(9-12)10-15)11-14(18)16-6-3-4-7-16/h12-13H,2-11,15H2,1H3. The van der Waals surface area contributed by atoms with Gasteiger partial charge in [-0.25, -0.2) is 0 Å². The molecule has 2 heterocycles. The highest BCUT2D eigenvalue weighted by molar-refractivity contribution is 5.78. The summed E-state index contributed by atoms with van der Waals surface area (Å²) < 4.78 is 0. The van der Waals surface area contributed by atoms with Crippen LogP contribution >= 0.6 is 0 Å². The lowest BCUT2D eigenvalue weighted by molar-refractivity contribution is -0.132. The molecular formula is C14H27N3O. The van der Waals surface area contributed by atoms with Gasteiger partial charge in [-0.15, -0.1) is 0 Å². The van der Waals surface area contributed by atoms with Crippen LogP contribution < -0.4 is 5.73 Å². The molecule has 2 saturated heterocycles.